The third-order valence-electron chi connectivity index (χ3n) is 11.4. The van der Waals surface area contributed by atoms with Gasteiger partial charge in [-0.1, -0.05) is 34.1 Å². The topological polar surface area (TPSA) is 116 Å². The number of halogens is 1. The van der Waals surface area contributed by atoms with Crippen molar-refractivity contribution in [2.75, 3.05) is 33.7 Å². The Hall–Kier alpha value is -2.05. The molecule has 0 amide bonds. The lowest BCUT2D eigenvalue weighted by molar-refractivity contribution is -0.289. The molecule has 11 heteroatoms. The molecule has 4 aliphatic carbocycles. The molecule has 4 saturated carbocycles. The molecular weight excluding hydrogens is 612 g/mol. The third-order valence-corrected chi connectivity index (χ3v) is 13.4. The van der Waals surface area contributed by atoms with Crippen molar-refractivity contribution in [3.8, 4) is 0 Å². The van der Waals surface area contributed by atoms with Gasteiger partial charge in [-0.15, -0.1) is 0 Å². The highest BCUT2D eigenvalue weighted by Crippen LogP contribution is 2.83. The highest BCUT2D eigenvalue weighted by atomic mass is 79.9. The standard InChI is InChI=1S/C31H37BrO10/c1-4-37-24(34)22-27-16-28(40-18-36-3,30(17-27)38-14-15-39-30)12-10-20(27)29-13-11-21(26(2,25(35)42-29)31(22,29)32)41-23(33)19-8-6-5-7-9-19/h5-9,20-22H,4,10-18H2,1-3H3/t20-,21-,22+,26+,27-,28+,29-,31+/m1/s1. The Balaban J connectivity index is 1.37. The molecule has 2 aliphatic heterocycles. The fourth-order valence-corrected chi connectivity index (χ4v) is 11.6. The van der Waals surface area contributed by atoms with Crippen LogP contribution in [0.25, 0.3) is 0 Å². The van der Waals surface area contributed by atoms with Crippen molar-refractivity contribution in [3.63, 3.8) is 0 Å². The lowest BCUT2D eigenvalue weighted by Crippen LogP contribution is -2.65. The second-order valence-corrected chi connectivity index (χ2v) is 14.1. The van der Waals surface area contributed by atoms with Crippen LogP contribution in [-0.4, -0.2) is 79.0 Å². The van der Waals surface area contributed by atoms with Crippen molar-refractivity contribution in [1.82, 2.24) is 0 Å². The minimum atomic E-state index is -1.37. The number of alkyl halides is 1. The highest BCUT2D eigenvalue weighted by molar-refractivity contribution is 9.10. The van der Waals surface area contributed by atoms with Gasteiger partial charge in [-0.25, -0.2) is 4.79 Å². The summed E-state index contributed by atoms with van der Waals surface area (Å²) >= 11 is 4.09. The number of methoxy groups -OCH3 is 1. The third kappa shape index (κ3) is 3.21. The minimum absolute atomic E-state index is 0.0497. The van der Waals surface area contributed by atoms with Gasteiger partial charge in [-0.2, -0.15) is 0 Å². The number of hydrogen-bond donors (Lipinski definition) is 0. The number of fused-ring (bicyclic) bond motifs is 2. The van der Waals surface area contributed by atoms with Gasteiger partial charge in [0, 0.05) is 24.9 Å². The first-order valence-corrected chi connectivity index (χ1v) is 15.6. The van der Waals surface area contributed by atoms with E-state index in [0.29, 0.717) is 57.3 Å². The van der Waals surface area contributed by atoms with Crippen LogP contribution in [0.15, 0.2) is 30.3 Å². The second-order valence-electron chi connectivity index (χ2n) is 12.8. The summed E-state index contributed by atoms with van der Waals surface area (Å²) < 4.78 is 41.8. The van der Waals surface area contributed by atoms with Gasteiger partial charge in [-0.05, 0) is 58.1 Å². The Morgan fingerprint density at radius 1 is 1.07 bits per heavy atom. The molecule has 1 aromatic rings. The highest BCUT2D eigenvalue weighted by Gasteiger charge is 2.93. The van der Waals surface area contributed by atoms with Crippen molar-refractivity contribution in [2.24, 2.45) is 22.7 Å². The molecule has 10 nitrogen and oxygen atoms in total. The predicted octanol–water partition coefficient (Wildman–Crippen LogP) is 3.93. The number of benzene rings is 1. The van der Waals surface area contributed by atoms with Gasteiger partial charge in [-0.3, -0.25) is 9.59 Å². The Morgan fingerprint density at radius 3 is 2.50 bits per heavy atom. The van der Waals surface area contributed by atoms with Crippen molar-refractivity contribution >= 4 is 33.8 Å². The van der Waals surface area contributed by atoms with Crippen LogP contribution in [0.4, 0.5) is 0 Å². The molecule has 42 heavy (non-hydrogen) atoms. The van der Waals surface area contributed by atoms with E-state index in [-0.39, 0.29) is 19.3 Å². The first-order chi connectivity index (χ1) is 20.1. The minimum Gasteiger partial charge on any atom is -0.466 e. The summed E-state index contributed by atoms with van der Waals surface area (Å²) in [6, 6.07) is 8.70. The van der Waals surface area contributed by atoms with E-state index in [0.717, 1.165) is 0 Å². The van der Waals surface area contributed by atoms with Gasteiger partial charge in [0.1, 0.15) is 29.5 Å². The fraction of sp³-hybridized carbons (Fsp3) is 0.710. The average molecular weight is 650 g/mol. The van der Waals surface area contributed by atoms with Crippen LogP contribution >= 0.6 is 15.9 Å². The van der Waals surface area contributed by atoms with E-state index >= 15 is 0 Å². The molecular formula is C31H37BrO10. The van der Waals surface area contributed by atoms with Crippen LogP contribution in [-0.2, 0) is 42.7 Å². The molecule has 1 aromatic carbocycles. The quantitative estimate of drug-likeness (QED) is 0.186. The fourth-order valence-electron chi connectivity index (χ4n) is 10.0. The predicted molar refractivity (Wildman–Crippen MR) is 148 cm³/mol. The molecule has 8 atom stereocenters. The Kier molecular flexibility index (Phi) is 6.47. The number of ether oxygens (including phenoxy) is 7. The van der Waals surface area contributed by atoms with Gasteiger partial charge >= 0.3 is 17.9 Å². The molecule has 0 unspecified atom stereocenters. The molecule has 6 fully saturated rings. The monoisotopic (exact) mass is 648 g/mol. The van der Waals surface area contributed by atoms with Crippen molar-refractivity contribution in [1.29, 1.82) is 0 Å². The molecule has 228 valence electrons. The molecule has 7 rings (SSSR count). The average Bonchev–Trinajstić information content (AvgIpc) is 3.60. The number of hydrogen-bond acceptors (Lipinski definition) is 10. The maximum atomic E-state index is 14.3. The van der Waals surface area contributed by atoms with E-state index in [9.17, 15) is 14.4 Å². The summed E-state index contributed by atoms with van der Waals surface area (Å²) in [6.07, 6.45) is 2.06. The van der Waals surface area contributed by atoms with E-state index in [2.05, 4.69) is 15.9 Å². The molecule has 6 aliphatic rings. The van der Waals surface area contributed by atoms with Crippen molar-refractivity contribution < 1.29 is 47.5 Å². The van der Waals surface area contributed by atoms with Crippen molar-refractivity contribution in [3.05, 3.63) is 35.9 Å². The van der Waals surface area contributed by atoms with E-state index in [4.69, 9.17) is 33.2 Å². The van der Waals surface area contributed by atoms with Gasteiger partial charge < -0.3 is 33.2 Å². The number of esters is 3. The normalized spacial score (nSPS) is 44.0. The Labute approximate surface area is 253 Å². The zero-order valence-electron chi connectivity index (χ0n) is 24.2. The SMILES string of the molecule is CCOC(=O)[C@H]1[C@]23CC4(OCCO4)[C@](OCOC)(CC[C@H]2[C@@]24CC[C@@H](OC(=O)c5ccccc5)[C@@](C)(C(=O)O2)[C@@]14Br)C3. The van der Waals surface area contributed by atoms with Gasteiger partial charge in [0.2, 0.25) is 0 Å². The molecule has 0 aromatic heterocycles. The Bertz CT molecular complexity index is 1300. The van der Waals surface area contributed by atoms with E-state index in [1.165, 1.54) is 0 Å². The van der Waals surface area contributed by atoms with Crippen LogP contribution in [0.3, 0.4) is 0 Å². The largest absolute Gasteiger partial charge is 0.466 e. The van der Waals surface area contributed by atoms with E-state index < -0.39 is 62.1 Å². The lowest BCUT2D eigenvalue weighted by Gasteiger charge is -2.51. The van der Waals surface area contributed by atoms with E-state index in [1.807, 2.05) is 6.07 Å². The maximum absolute atomic E-state index is 14.3. The lowest BCUT2D eigenvalue weighted by atomic mass is 9.58. The smallest absolute Gasteiger partial charge is 0.338 e. The second kappa shape index (κ2) is 9.47. The van der Waals surface area contributed by atoms with Crippen LogP contribution in [0, 0.1) is 22.7 Å². The summed E-state index contributed by atoms with van der Waals surface area (Å²) in [6.45, 7) is 4.60. The summed E-state index contributed by atoms with van der Waals surface area (Å²) in [4.78, 5) is 41.7. The summed E-state index contributed by atoms with van der Waals surface area (Å²) in [5.41, 5.74) is -3.60. The number of carbonyl (C=O) groups excluding carboxylic acids is 3. The van der Waals surface area contributed by atoms with Gasteiger partial charge in [0.15, 0.2) is 5.79 Å². The summed E-state index contributed by atoms with van der Waals surface area (Å²) in [5, 5.41) is 0. The van der Waals surface area contributed by atoms with Gasteiger partial charge in [0.05, 0.1) is 35.6 Å². The summed E-state index contributed by atoms with van der Waals surface area (Å²) in [5.74, 6) is -3.52. The molecule has 0 N–H and O–H groups in total. The van der Waals surface area contributed by atoms with Crippen LogP contribution < -0.4 is 0 Å². The number of carbonyl (C=O) groups is 3. The zero-order valence-corrected chi connectivity index (χ0v) is 25.7. The zero-order chi connectivity index (χ0) is 29.6. The molecule has 4 bridgehead atoms. The summed E-state index contributed by atoms with van der Waals surface area (Å²) in [7, 11) is 1.57. The van der Waals surface area contributed by atoms with Crippen LogP contribution in [0.5, 0.6) is 0 Å². The van der Waals surface area contributed by atoms with Crippen LogP contribution in [0.1, 0.15) is 62.7 Å². The molecule has 2 heterocycles. The number of rotatable bonds is 7. The van der Waals surface area contributed by atoms with Crippen molar-refractivity contribution in [2.45, 2.75) is 79.8 Å². The molecule has 2 spiro atoms. The first kappa shape index (κ1) is 28.7. The maximum Gasteiger partial charge on any atom is 0.338 e. The molecule has 0 radical (unpaired) electrons. The Morgan fingerprint density at radius 2 is 1.81 bits per heavy atom. The first-order valence-electron chi connectivity index (χ1n) is 14.9. The van der Waals surface area contributed by atoms with Crippen LogP contribution in [0.2, 0.25) is 0 Å². The van der Waals surface area contributed by atoms with Gasteiger partial charge in [0.25, 0.3) is 0 Å². The van der Waals surface area contributed by atoms with E-state index in [1.54, 1.807) is 45.2 Å². The molecule has 2 saturated heterocycles.